The van der Waals surface area contributed by atoms with E-state index in [1.165, 1.54) is 49.2 Å². The van der Waals surface area contributed by atoms with E-state index in [-0.39, 0.29) is 6.10 Å². The van der Waals surface area contributed by atoms with Crippen molar-refractivity contribution in [1.29, 1.82) is 0 Å². The Labute approximate surface area is 147 Å². The smallest absolute Gasteiger partial charge is 0.126 e. The maximum absolute atomic E-state index is 10.3. The van der Waals surface area contributed by atoms with Gasteiger partial charge in [-0.15, -0.1) is 0 Å². The normalized spacial score (nSPS) is 37.3. The summed E-state index contributed by atoms with van der Waals surface area (Å²) in [6.45, 7) is 9.32. The number of fused-ring (bicyclic) bond motifs is 1. The van der Waals surface area contributed by atoms with Gasteiger partial charge in [0.05, 0.1) is 46.4 Å². The van der Waals surface area contributed by atoms with Gasteiger partial charge in [0.15, 0.2) is 0 Å². The van der Waals surface area contributed by atoms with Gasteiger partial charge in [-0.25, -0.2) is 0 Å². The highest BCUT2D eigenvalue weighted by Crippen LogP contribution is 2.59. The van der Waals surface area contributed by atoms with Crippen molar-refractivity contribution in [2.45, 2.75) is 51.7 Å². The minimum Gasteiger partial charge on any atom is -0.385 e. The first-order valence-corrected chi connectivity index (χ1v) is 9.96. The number of hydrogen-bond donors (Lipinski definition) is 3. The van der Waals surface area contributed by atoms with Crippen LogP contribution < -0.4 is 9.80 Å². The number of aliphatic hydroxyl groups excluding tert-OH is 1. The standard InChI is InChI=1S/C20H36N2O2/c1-20(2)16-6-5-15(19(20)11-16)13-24-14-18(23)12-22(4)17-7-9-21(3)10-8-17/h5,16-19,23H,6-14H2,1-4H3/p+2/t16-,18+,19-/m0/s1. The van der Waals surface area contributed by atoms with E-state index in [1.807, 2.05) is 0 Å². The third-order valence-electron chi connectivity index (χ3n) is 7.26. The Morgan fingerprint density at radius 2 is 2.08 bits per heavy atom. The van der Waals surface area contributed by atoms with E-state index in [0.717, 1.165) is 12.5 Å². The molecule has 4 nitrogen and oxygen atoms in total. The van der Waals surface area contributed by atoms with Gasteiger partial charge in [0.2, 0.25) is 0 Å². The van der Waals surface area contributed by atoms with Crippen molar-refractivity contribution in [3.63, 3.8) is 0 Å². The van der Waals surface area contributed by atoms with Gasteiger partial charge >= 0.3 is 0 Å². The van der Waals surface area contributed by atoms with E-state index < -0.39 is 0 Å². The predicted octanol–water partition coefficient (Wildman–Crippen LogP) is -0.452. The van der Waals surface area contributed by atoms with E-state index in [4.69, 9.17) is 4.74 Å². The molecule has 0 radical (unpaired) electrons. The molecule has 0 aromatic heterocycles. The van der Waals surface area contributed by atoms with Crippen LogP contribution in [0, 0.1) is 17.3 Å². The van der Waals surface area contributed by atoms with Crippen LogP contribution in [0.4, 0.5) is 0 Å². The van der Waals surface area contributed by atoms with Crippen molar-refractivity contribution >= 4 is 0 Å². The minimum atomic E-state index is -0.344. The second kappa shape index (κ2) is 7.45. The monoisotopic (exact) mass is 338 g/mol. The number of piperidine rings is 1. The highest BCUT2D eigenvalue weighted by Gasteiger charge is 2.50. The predicted molar refractivity (Wildman–Crippen MR) is 96.3 cm³/mol. The maximum Gasteiger partial charge on any atom is 0.126 e. The first kappa shape index (κ1) is 18.4. The van der Waals surface area contributed by atoms with Crippen LogP contribution in [0.5, 0.6) is 0 Å². The molecule has 1 aliphatic heterocycles. The van der Waals surface area contributed by atoms with Gasteiger partial charge in [-0.3, -0.25) is 0 Å². The molecule has 4 aliphatic rings. The second-order valence-electron chi connectivity index (χ2n) is 9.27. The molecule has 4 atom stereocenters. The molecule has 24 heavy (non-hydrogen) atoms. The lowest BCUT2D eigenvalue weighted by Gasteiger charge is -2.56. The van der Waals surface area contributed by atoms with Gasteiger partial charge in [0.1, 0.15) is 12.6 Å². The van der Waals surface area contributed by atoms with Gasteiger partial charge in [0.25, 0.3) is 0 Å². The number of allylic oxidation sites excluding steroid dienone is 1. The molecule has 2 fully saturated rings. The zero-order chi connectivity index (χ0) is 17.3. The lowest BCUT2D eigenvalue weighted by molar-refractivity contribution is -0.941. The Morgan fingerprint density at radius 3 is 2.71 bits per heavy atom. The molecule has 1 unspecified atom stereocenters. The van der Waals surface area contributed by atoms with Crippen LogP contribution in [0.15, 0.2) is 11.6 Å². The van der Waals surface area contributed by atoms with E-state index in [0.29, 0.717) is 30.6 Å². The van der Waals surface area contributed by atoms with Crippen molar-refractivity contribution in [3.05, 3.63) is 11.6 Å². The molecule has 138 valence electrons. The lowest BCUT2D eigenvalue weighted by Crippen LogP contribution is -3.18. The van der Waals surface area contributed by atoms with Crippen molar-refractivity contribution in [1.82, 2.24) is 0 Å². The van der Waals surface area contributed by atoms with Gasteiger partial charge in [-0.2, -0.15) is 0 Å². The Balaban J connectivity index is 1.35. The van der Waals surface area contributed by atoms with Gasteiger partial charge in [0, 0.05) is 12.8 Å². The first-order chi connectivity index (χ1) is 11.4. The van der Waals surface area contributed by atoms with Crippen LogP contribution in [-0.4, -0.2) is 64.2 Å². The summed E-state index contributed by atoms with van der Waals surface area (Å²) >= 11 is 0. The number of hydrogen-bond acceptors (Lipinski definition) is 2. The number of quaternary nitrogens is 2. The highest BCUT2D eigenvalue weighted by atomic mass is 16.5. The first-order valence-electron chi connectivity index (χ1n) is 9.96. The number of likely N-dealkylation sites (N-methyl/N-ethyl adjacent to an activating group) is 1. The summed E-state index contributed by atoms with van der Waals surface area (Å²) in [5, 5.41) is 10.3. The van der Waals surface area contributed by atoms with E-state index in [9.17, 15) is 5.11 Å². The van der Waals surface area contributed by atoms with E-state index in [1.54, 1.807) is 4.90 Å². The average molecular weight is 339 g/mol. The third-order valence-corrected chi connectivity index (χ3v) is 7.26. The minimum absolute atomic E-state index is 0.344. The lowest BCUT2D eigenvalue weighted by atomic mass is 9.49. The molecule has 0 aromatic rings. The van der Waals surface area contributed by atoms with Crippen molar-refractivity contribution < 1.29 is 19.6 Å². The summed E-state index contributed by atoms with van der Waals surface area (Å²) in [6, 6.07) is 0.706. The molecule has 4 rings (SSSR count). The molecule has 3 N–H and O–H groups in total. The van der Waals surface area contributed by atoms with Gasteiger partial charge in [-0.1, -0.05) is 19.9 Å². The fraction of sp³-hybridized carbons (Fsp3) is 0.900. The summed E-state index contributed by atoms with van der Waals surface area (Å²) < 4.78 is 5.89. The van der Waals surface area contributed by atoms with E-state index in [2.05, 4.69) is 34.0 Å². The van der Waals surface area contributed by atoms with Crippen LogP contribution >= 0.6 is 0 Å². The van der Waals surface area contributed by atoms with Crippen LogP contribution in [0.3, 0.4) is 0 Å². The fourth-order valence-corrected chi connectivity index (χ4v) is 5.15. The molecule has 4 heteroatoms. The molecule has 0 spiro atoms. The molecule has 1 saturated heterocycles. The van der Waals surface area contributed by atoms with E-state index >= 15 is 0 Å². The fourth-order valence-electron chi connectivity index (χ4n) is 5.15. The highest BCUT2D eigenvalue weighted by molar-refractivity contribution is 5.23. The summed E-state index contributed by atoms with van der Waals surface area (Å²) in [4.78, 5) is 3.11. The third kappa shape index (κ3) is 3.87. The number of ether oxygens (including phenoxy) is 1. The molecule has 0 aromatic carbocycles. The second-order valence-corrected chi connectivity index (χ2v) is 9.27. The van der Waals surface area contributed by atoms with Gasteiger partial charge < -0.3 is 19.6 Å². The number of rotatable bonds is 7. The van der Waals surface area contributed by atoms with Crippen molar-refractivity contribution in [2.24, 2.45) is 17.3 Å². The number of nitrogens with one attached hydrogen (secondary N) is 2. The topological polar surface area (TPSA) is 38.3 Å². The van der Waals surface area contributed by atoms with Crippen LogP contribution in [0.2, 0.25) is 0 Å². The Kier molecular flexibility index (Phi) is 5.70. The molecular weight excluding hydrogens is 300 g/mol. The zero-order valence-corrected chi connectivity index (χ0v) is 16.1. The molecular formula is C20H38N2O2+2. The summed E-state index contributed by atoms with van der Waals surface area (Å²) in [6.07, 6.45) is 7.16. The number of likely N-dealkylation sites (tertiary alicyclic amines) is 1. The molecule has 3 aliphatic carbocycles. The summed E-state index contributed by atoms with van der Waals surface area (Å²) in [5.41, 5.74) is 1.95. The quantitative estimate of drug-likeness (QED) is 0.550. The maximum atomic E-state index is 10.3. The van der Waals surface area contributed by atoms with Gasteiger partial charge in [-0.05, 0) is 35.7 Å². The zero-order valence-electron chi connectivity index (χ0n) is 16.1. The molecule has 1 heterocycles. The Morgan fingerprint density at radius 1 is 1.38 bits per heavy atom. The van der Waals surface area contributed by atoms with Crippen LogP contribution in [0.1, 0.15) is 39.5 Å². The average Bonchev–Trinajstić information content (AvgIpc) is 2.55. The SMILES string of the molecule is C[NH+]1CCC([NH+](C)C[C@@H](O)COCC2=CC[C@H]3C[C@@H]2C3(C)C)CC1. The largest absolute Gasteiger partial charge is 0.385 e. The van der Waals surface area contributed by atoms with Crippen LogP contribution in [-0.2, 0) is 4.74 Å². The Hall–Kier alpha value is -0.420. The summed E-state index contributed by atoms with van der Waals surface area (Å²) in [7, 11) is 4.51. The Bertz CT molecular complexity index is 455. The van der Waals surface area contributed by atoms with Crippen molar-refractivity contribution in [3.8, 4) is 0 Å². The number of aliphatic hydroxyl groups is 1. The summed E-state index contributed by atoms with van der Waals surface area (Å²) in [5.74, 6) is 1.59. The van der Waals surface area contributed by atoms with Crippen molar-refractivity contribution in [2.75, 3.05) is 46.9 Å². The van der Waals surface area contributed by atoms with Crippen LogP contribution in [0.25, 0.3) is 0 Å². The molecule has 0 amide bonds. The molecule has 2 bridgehead atoms. The molecule has 1 saturated carbocycles.